The summed E-state index contributed by atoms with van der Waals surface area (Å²) in [6.07, 6.45) is 3.74. The van der Waals surface area contributed by atoms with E-state index in [0.717, 1.165) is 37.1 Å². The van der Waals surface area contributed by atoms with Crippen LogP contribution in [0.2, 0.25) is 0 Å². The number of fused-ring (bicyclic) bond motifs is 1. The number of ether oxygens (including phenoxy) is 1. The number of benzene rings is 1. The number of hydrazine groups is 1. The summed E-state index contributed by atoms with van der Waals surface area (Å²) in [5.74, 6) is 7.40. The van der Waals surface area contributed by atoms with Crippen molar-refractivity contribution in [1.82, 2.24) is 19.5 Å². The Morgan fingerprint density at radius 1 is 1.19 bits per heavy atom. The van der Waals surface area contributed by atoms with Gasteiger partial charge in [0.25, 0.3) is 5.56 Å². The van der Waals surface area contributed by atoms with Crippen LogP contribution >= 0.6 is 0 Å². The number of esters is 1. The number of rotatable bonds is 10. The average Bonchev–Trinajstić information content (AvgIpc) is 3.23. The molecular formula is C23H32N6O3. The maximum atomic E-state index is 13.2. The number of carbonyl (C=O) groups is 1. The maximum Gasteiger partial charge on any atom is 0.337 e. The van der Waals surface area contributed by atoms with Gasteiger partial charge in [0, 0.05) is 12.5 Å². The van der Waals surface area contributed by atoms with E-state index in [1.54, 1.807) is 28.8 Å². The van der Waals surface area contributed by atoms with Crippen molar-refractivity contribution in [2.45, 2.75) is 65.5 Å². The molecule has 172 valence electrons. The monoisotopic (exact) mass is 440 g/mol. The van der Waals surface area contributed by atoms with Crippen LogP contribution in [0.5, 0.6) is 0 Å². The molecule has 3 N–H and O–H groups in total. The SMILES string of the molecule is CCCC(CC)c1nc2nc(N(N)Cc3ccc(C(=O)OC)cc3)n(CCC)c(=O)c2[nH]1. The van der Waals surface area contributed by atoms with Crippen molar-refractivity contribution in [3.05, 3.63) is 51.6 Å². The molecule has 3 aromatic rings. The van der Waals surface area contributed by atoms with Crippen molar-refractivity contribution >= 4 is 23.1 Å². The fourth-order valence-electron chi connectivity index (χ4n) is 3.84. The van der Waals surface area contributed by atoms with Gasteiger partial charge in [0.15, 0.2) is 11.2 Å². The molecule has 3 rings (SSSR count). The van der Waals surface area contributed by atoms with Gasteiger partial charge in [-0.3, -0.25) is 14.4 Å². The summed E-state index contributed by atoms with van der Waals surface area (Å²) in [5, 5.41) is 1.45. The zero-order valence-corrected chi connectivity index (χ0v) is 19.2. The second kappa shape index (κ2) is 10.4. The number of aromatic amines is 1. The van der Waals surface area contributed by atoms with E-state index in [4.69, 9.17) is 10.6 Å². The molecule has 2 aromatic heterocycles. The van der Waals surface area contributed by atoms with Crippen molar-refractivity contribution in [2.24, 2.45) is 5.84 Å². The summed E-state index contributed by atoms with van der Waals surface area (Å²) >= 11 is 0. The van der Waals surface area contributed by atoms with E-state index in [0.29, 0.717) is 35.8 Å². The van der Waals surface area contributed by atoms with Crippen LogP contribution in [0.15, 0.2) is 29.1 Å². The van der Waals surface area contributed by atoms with Crippen LogP contribution in [-0.4, -0.2) is 32.6 Å². The van der Waals surface area contributed by atoms with Crippen molar-refractivity contribution in [3.8, 4) is 0 Å². The van der Waals surface area contributed by atoms with Gasteiger partial charge in [0.05, 0.1) is 19.2 Å². The predicted octanol–water partition coefficient (Wildman–Crippen LogP) is 3.49. The molecule has 0 saturated carbocycles. The molecular weight excluding hydrogens is 408 g/mol. The second-order valence-electron chi connectivity index (χ2n) is 7.90. The Morgan fingerprint density at radius 3 is 2.50 bits per heavy atom. The van der Waals surface area contributed by atoms with Crippen molar-refractivity contribution < 1.29 is 9.53 Å². The molecule has 9 heteroatoms. The summed E-state index contributed by atoms with van der Waals surface area (Å²) in [7, 11) is 1.35. The van der Waals surface area contributed by atoms with Gasteiger partial charge in [-0.2, -0.15) is 4.98 Å². The number of nitrogens with two attached hydrogens (primary N) is 1. The first-order chi connectivity index (χ1) is 15.4. The van der Waals surface area contributed by atoms with Gasteiger partial charge in [-0.25, -0.2) is 15.6 Å². The van der Waals surface area contributed by atoms with Crippen molar-refractivity contribution in [1.29, 1.82) is 0 Å². The first-order valence-corrected chi connectivity index (χ1v) is 11.1. The topological polar surface area (TPSA) is 119 Å². The highest BCUT2D eigenvalue weighted by Crippen LogP contribution is 2.24. The molecule has 0 aliphatic carbocycles. The van der Waals surface area contributed by atoms with Crippen LogP contribution in [0.25, 0.3) is 11.2 Å². The zero-order valence-electron chi connectivity index (χ0n) is 19.2. The van der Waals surface area contributed by atoms with Gasteiger partial charge in [0.1, 0.15) is 5.82 Å². The normalized spacial score (nSPS) is 12.2. The molecule has 0 aliphatic rings. The van der Waals surface area contributed by atoms with Crippen molar-refractivity contribution in [3.63, 3.8) is 0 Å². The van der Waals surface area contributed by atoms with E-state index in [9.17, 15) is 9.59 Å². The van der Waals surface area contributed by atoms with E-state index in [1.165, 1.54) is 12.1 Å². The molecule has 0 spiro atoms. The van der Waals surface area contributed by atoms with Gasteiger partial charge in [0.2, 0.25) is 5.95 Å². The standard InChI is InChI=1S/C23H32N6O3/c1-5-8-16(7-3)19-25-18-20(26-19)27-23(28(13-6-2)21(18)30)29(24)14-15-9-11-17(12-10-15)22(31)32-4/h9-12,16H,5-8,13-14,24H2,1-4H3,(H,25,26). The van der Waals surface area contributed by atoms with Crippen molar-refractivity contribution in [2.75, 3.05) is 12.1 Å². The minimum Gasteiger partial charge on any atom is -0.465 e. The molecule has 0 amide bonds. The zero-order chi connectivity index (χ0) is 23.3. The first-order valence-electron chi connectivity index (χ1n) is 11.1. The van der Waals surface area contributed by atoms with E-state index in [-0.39, 0.29) is 11.5 Å². The number of methoxy groups -OCH3 is 1. The molecule has 1 unspecified atom stereocenters. The lowest BCUT2D eigenvalue weighted by Crippen LogP contribution is -2.37. The molecule has 0 aliphatic heterocycles. The highest BCUT2D eigenvalue weighted by atomic mass is 16.5. The van der Waals surface area contributed by atoms with Crippen LogP contribution in [0.3, 0.4) is 0 Å². The third-order valence-electron chi connectivity index (χ3n) is 5.56. The molecule has 0 bridgehead atoms. The molecule has 0 saturated heterocycles. The fraction of sp³-hybridized carbons (Fsp3) is 0.478. The third kappa shape index (κ3) is 4.83. The molecule has 0 radical (unpaired) electrons. The van der Waals surface area contributed by atoms with E-state index < -0.39 is 5.97 Å². The summed E-state index contributed by atoms with van der Waals surface area (Å²) in [4.78, 5) is 37.4. The lowest BCUT2D eigenvalue weighted by Gasteiger charge is -2.21. The average molecular weight is 441 g/mol. The second-order valence-corrected chi connectivity index (χ2v) is 7.90. The first kappa shape index (κ1) is 23.5. The number of imidazole rings is 1. The lowest BCUT2D eigenvalue weighted by molar-refractivity contribution is 0.0600. The number of hydrogen-bond donors (Lipinski definition) is 2. The van der Waals surface area contributed by atoms with Gasteiger partial charge >= 0.3 is 5.97 Å². The van der Waals surface area contributed by atoms with Crippen LogP contribution in [0, 0.1) is 0 Å². The number of H-pyrrole nitrogens is 1. The Balaban J connectivity index is 1.97. The lowest BCUT2D eigenvalue weighted by atomic mass is 10.0. The Morgan fingerprint density at radius 2 is 1.91 bits per heavy atom. The Labute approximate surface area is 187 Å². The Kier molecular flexibility index (Phi) is 7.63. The van der Waals surface area contributed by atoms with Crippen LogP contribution in [-0.2, 0) is 17.8 Å². The summed E-state index contributed by atoms with van der Waals surface area (Å²) in [5.41, 5.74) is 1.97. The highest BCUT2D eigenvalue weighted by Gasteiger charge is 2.20. The number of nitrogens with zero attached hydrogens (tertiary/aromatic N) is 4. The van der Waals surface area contributed by atoms with Gasteiger partial charge in [-0.15, -0.1) is 0 Å². The smallest absolute Gasteiger partial charge is 0.337 e. The van der Waals surface area contributed by atoms with E-state index in [2.05, 4.69) is 28.8 Å². The van der Waals surface area contributed by atoms with Crippen LogP contribution < -0.4 is 16.4 Å². The van der Waals surface area contributed by atoms with Gasteiger partial charge in [-0.05, 0) is 37.0 Å². The number of nitrogens with one attached hydrogen (secondary N) is 1. The summed E-state index contributed by atoms with van der Waals surface area (Å²) in [6.45, 7) is 7.06. The number of hydrogen-bond acceptors (Lipinski definition) is 7. The maximum absolute atomic E-state index is 13.2. The molecule has 2 heterocycles. The predicted molar refractivity (Wildman–Crippen MR) is 125 cm³/mol. The summed E-state index contributed by atoms with van der Waals surface area (Å²) < 4.78 is 6.32. The fourth-order valence-corrected chi connectivity index (χ4v) is 3.84. The summed E-state index contributed by atoms with van der Waals surface area (Å²) in [6, 6.07) is 6.97. The van der Waals surface area contributed by atoms with E-state index >= 15 is 0 Å². The highest BCUT2D eigenvalue weighted by molar-refractivity contribution is 5.89. The Bertz CT molecular complexity index is 1120. The molecule has 1 atom stereocenters. The molecule has 1 aromatic carbocycles. The molecule has 32 heavy (non-hydrogen) atoms. The third-order valence-corrected chi connectivity index (χ3v) is 5.56. The molecule has 0 fully saturated rings. The number of anilines is 1. The number of aromatic nitrogens is 4. The molecule has 9 nitrogen and oxygen atoms in total. The minimum atomic E-state index is -0.396. The number of carbonyl (C=O) groups excluding carboxylic acids is 1. The van der Waals surface area contributed by atoms with Gasteiger partial charge in [-0.1, -0.05) is 39.3 Å². The largest absolute Gasteiger partial charge is 0.465 e. The Hall–Kier alpha value is -3.20. The van der Waals surface area contributed by atoms with Crippen LogP contribution in [0.4, 0.5) is 5.95 Å². The minimum absolute atomic E-state index is 0.173. The quantitative estimate of drug-likeness (QED) is 0.281. The van der Waals surface area contributed by atoms with Gasteiger partial charge < -0.3 is 9.72 Å². The van der Waals surface area contributed by atoms with Crippen LogP contribution in [0.1, 0.15) is 74.1 Å². The van der Waals surface area contributed by atoms with E-state index in [1.807, 2.05) is 6.92 Å².